The summed E-state index contributed by atoms with van der Waals surface area (Å²) in [4.78, 5) is 13.6. The quantitative estimate of drug-likeness (QED) is 0.870. The number of rotatable bonds is 6. The van der Waals surface area contributed by atoms with E-state index in [4.69, 9.17) is 0 Å². The normalized spacial score (nSPS) is 16.0. The third-order valence-electron chi connectivity index (χ3n) is 3.75. The molecule has 110 valence electrons. The number of halogens is 2. The highest BCUT2D eigenvalue weighted by atomic mass is 19.2. The minimum atomic E-state index is -0.884. The summed E-state index contributed by atoms with van der Waals surface area (Å²) in [6.07, 6.45) is 2.80. The molecule has 0 bridgehead atoms. The monoisotopic (exact) mass is 282 g/mol. The fourth-order valence-electron chi connectivity index (χ4n) is 2.06. The summed E-state index contributed by atoms with van der Waals surface area (Å²) in [6.45, 7) is 2.47. The van der Waals surface area contributed by atoms with Gasteiger partial charge in [-0.2, -0.15) is 0 Å². The number of nitrogens with zero attached hydrogens (tertiary/aromatic N) is 1. The lowest BCUT2D eigenvalue weighted by atomic mass is 10.1. The molecule has 1 aromatic rings. The Morgan fingerprint density at radius 1 is 1.40 bits per heavy atom. The molecule has 1 fully saturated rings. The fraction of sp³-hybridized carbons (Fsp3) is 0.533. The molecule has 0 saturated heterocycles. The molecule has 0 spiro atoms. The Bertz CT molecular complexity index is 489. The number of carbonyl (C=O) groups is 1. The molecule has 3 nitrogen and oxygen atoms in total. The highest BCUT2D eigenvalue weighted by Crippen LogP contribution is 2.22. The Kier molecular flexibility index (Phi) is 4.70. The summed E-state index contributed by atoms with van der Waals surface area (Å²) < 4.78 is 26.1. The summed E-state index contributed by atoms with van der Waals surface area (Å²) in [5.74, 6) is -1.76. The zero-order valence-corrected chi connectivity index (χ0v) is 11.8. The van der Waals surface area contributed by atoms with Gasteiger partial charge in [-0.15, -0.1) is 0 Å². The maximum absolute atomic E-state index is 13.2. The van der Waals surface area contributed by atoms with E-state index >= 15 is 0 Å². The lowest BCUT2D eigenvalue weighted by molar-refractivity contribution is -0.131. The van der Waals surface area contributed by atoms with E-state index < -0.39 is 11.6 Å². The molecule has 0 heterocycles. The van der Waals surface area contributed by atoms with E-state index in [2.05, 4.69) is 5.32 Å². The van der Waals surface area contributed by atoms with Crippen LogP contribution in [-0.2, 0) is 4.79 Å². The van der Waals surface area contributed by atoms with Gasteiger partial charge in [0.2, 0.25) is 5.91 Å². The highest BCUT2D eigenvalue weighted by Gasteiger charge is 2.22. The van der Waals surface area contributed by atoms with Gasteiger partial charge in [-0.3, -0.25) is 4.79 Å². The molecule has 0 aromatic heterocycles. The Hall–Kier alpha value is -1.49. The van der Waals surface area contributed by atoms with Crippen LogP contribution < -0.4 is 5.32 Å². The van der Waals surface area contributed by atoms with E-state index in [0.29, 0.717) is 24.6 Å². The first-order chi connectivity index (χ1) is 9.49. The predicted molar refractivity (Wildman–Crippen MR) is 73.2 cm³/mol. The third-order valence-corrected chi connectivity index (χ3v) is 3.75. The summed E-state index contributed by atoms with van der Waals surface area (Å²) in [6, 6.07) is 4.05. The molecule has 1 N–H and O–H groups in total. The Morgan fingerprint density at radius 3 is 2.70 bits per heavy atom. The topological polar surface area (TPSA) is 32.3 Å². The van der Waals surface area contributed by atoms with Gasteiger partial charge in [0.15, 0.2) is 11.6 Å². The van der Waals surface area contributed by atoms with Gasteiger partial charge in [0, 0.05) is 26.1 Å². The van der Waals surface area contributed by atoms with Crippen LogP contribution in [0.3, 0.4) is 0 Å². The molecule has 0 aliphatic heterocycles. The Balaban J connectivity index is 1.90. The molecule has 1 amide bonds. The summed E-state index contributed by atoms with van der Waals surface area (Å²) in [5.41, 5.74) is 0.593. The Labute approximate surface area is 118 Å². The van der Waals surface area contributed by atoms with Crippen LogP contribution in [0.4, 0.5) is 8.78 Å². The smallest absolute Gasteiger partial charge is 0.224 e. The number of benzene rings is 1. The average Bonchev–Trinajstić information content (AvgIpc) is 3.24. The van der Waals surface area contributed by atoms with Crippen molar-refractivity contribution in [3.63, 3.8) is 0 Å². The molecule has 1 aromatic carbocycles. The molecule has 20 heavy (non-hydrogen) atoms. The molecular weight excluding hydrogens is 262 g/mol. The number of hydrogen-bond acceptors (Lipinski definition) is 2. The maximum atomic E-state index is 13.2. The van der Waals surface area contributed by atoms with Crippen molar-refractivity contribution in [2.45, 2.75) is 38.3 Å². The van der Waals surface area contributed by atoms with E-state index in [1.807, 2.05) is 0 Å². The van der Waals surface area contributed by atoms with Crippen molar-refractivity contribution in [1.82, 2.24) is 10.2 Å². The van der Waals surface area contributed by atoms with Gasteiger partial charge < -0.3 is 10.2 Å². The molecule has 2 rings (SSSR count). The SMILES string of the molecule is CC(c1ccc(F)c(F)c1)N(C)C(=O)CCNC1CC1. The van der Waals surface area contributed by atoms with E-state index in [-0.39, 0.29) is 11.9 Å². The minimum Gasteiger partial charge on any atom is -0.339 e. The molecule has 1 aliphatic carbocycles. The van der Waals surface area contributed by atoms with Gasteiger partial charge >= 0.3 is 0 Å². The maximum Gasteiger partial charge on any atom is 0.224 e. The van der Waals surface area contributed by atoms with Crippen molar-refractivity contribution in [2.24, 2.45) is 0 Å². The zero-order valence-electron chi connectivity index (χ0n) is 11.8. The first kappa shape index (κ1) is 14.9. The van der Waals surface area contributed by atoms with E-state index in [1.54, 1.807) is 18.9 Å². The molecule has 0 radical (unpaired) electrons. The number of amides is 1. The summed E-state index contributed by atoms with van der Waals surface area (Å²) in [7, 11) is 1.69. The lowest BCUT2D eigenvalue weighted by Gasteiger charge is -2.25. The van der Waals surface area contributed by atoms with Gasteiger partial charge in [0.1, 0.15) is 0 Å². The van der Waals surface area contributed by atoms with Gasteiger partial charge in [-0.05, 0) is 37.5 Å². The van der Waals surface area contributed by atoms with Crippen molar-refractivity contribution < 1.29 is 13.6 Å². The molecular formula is C15H20F2N2O. The fourth-order valence-corrected chi connectivity index (χ4v) is 2.06. The van der Waals surface area contributed by atoms with E-state index in [1.165, 1.54) is 18.9 Å². The number of hydrogen-bond donors (Lipinski definition) is 1. The average molecular weight is 282 g/mol. The second kappa shape index (κ2) is 6.31. The Morgan fingerprint density at radius 2 is 2.10 bits per heavy atom. The molecule has 1 aliphatic rings. The van der Waals surface area contributed by atoms with Crippen LogP contribution in [0, 0.1) is 11.6 Å². The van der Waals surface area contributed by atoms with Gasteiger partial charge in [-0.25, -0.2) is 8.78 Å². The molecule has 1 unspecified atom stereocenters. The van der Waals surface area contributed by atoms with E-state index in [9.17, 15) is 13.6 Å². The van der Waals surface area contributed by atoms with Gasteiger partial charge in [0.05, 0.1) is 6.04 Å². The van der Waals surface area contributed by atoms with Crippen LogP contribution in [0.2, 0.25) is 0 Å². The van der Waals surface area contributed by atoms with Crippen LogP contribution >= 0.6 is 0 Å². The van der Waals surface area contributed by atoms with E-state index in [0.717, 1.165) is 12.1 Å². The number of nitrogens with one attached hydrogen (secondary N) is 1. The first-order valence-corrected chi connectivity index (χ1v) is 6.93. The van der Waals surface area contributed by atoms with Crippen molar-refractivity contribution in [3.8, 4) is 0 Å². The third kappa shape index (κ3) is 3.76. The standard InChI is InChI=1S/C15H20F2N2O/c1-10(11-3-6-13(16)14(17)9-11)19(2)15(20)7-8-18-12-4-5-12/h3,6,9-10,12,18H,4-5,7-8H2,1-2H3. The molecule has 5 heteroatoms. The van der Waals surface area contributed by atoms with Crippen molar-refractivity contribution >= 4 is 5.91 Å². The summed E-state index contributed by atoms with van der Waals surface area (Å²) >= 11 is 0. The van der Waals surface area contributed by atoms with Crippen LogP contribution in [0.15, 0.2) is 18.2 Å². The van der Waals surface area contributed by atoms with Crippen molar-refractivity contribution in [2.75, 3.05) is 13.6 Å². The van der Waals surface area contributed by atoms with Crippen LogP contribution in [0.5, 0.6) is 0 Å². The van der Waals surface area contributed by atoms with Crippen LogP contribution in [-0.4, -0.2) is 30.4 Å². The predicted octanol–water partition coefficient (Wildman–Crippen LogP) is 2.63. The second-order valence-electron chi connectivity index (χ2n) is 5.33. The van der Waals surface area contributed by atoms with Gasteiger partial charge in [-0.1, -0.05) is 6.07 Å². The lowest BCUT2D eigenvalue weighted by Crippen LogP contribution is -2.32. The van der Waals surface area contributed by atoms with Crippen LogP contribution in [0.1, 0.15) is 37.8 Å². The second-order valence-corrected chi connectivity index (χ2v) is 5.33. The zero-order chi connectivity index (χ0) is 14.7. The minimum absolute atomic E-state index is 0.00427. The van der Waals surface area contributed by atoms with Crippen LogP contribution in [0.25, 0.3) is 0 Å². The highest BCUT2D eigenvalue weighted by molar-refractivity contribution is 5.76. The van der Waals surface area contributed by atoms with Crippen molar-refractivity contribution in [3.05, 3.63) is 35.4 Å². The number of carbonyl (C=O) groups excluding carboxylic acids is 1. The first-order valence-electron chi connectivity index (χ1n) is 6.93. The largest absolute Gasteiger partial charge is 0.339 e. The summed E-state index contributed by atoms with van der Waals surface area (Å²) in [5, 5.41) is 3.28. The van der Waals surface area contributed by atoms with Crippen molar-refractivity contribution in [1.29, 1.82) is 0 Å². The molecule has 1 atom stereocenters. The van der Waals surface area contributed by atoms with Gasteiger partial charge in [0.25, 0.3) is 0 Å². The molecule has 1 saturated carbocycles.